The van der Waals surface area contributed by atoms with E-state index >= 15 is 0 Å². The van der Waals surface area contributed by atoms with E-state index in [0.29, 0.717) is 6.04 Å². The van der Waals surface area contributed by atoms with Crippen LogP contribution in [0.1, 0.15) is 32.3 Å². The summed E-state index contributed by atoms with van der Waals surface area (Å²) in [6, 6.07) is 9.16. The molecule has 106 valence electrons. The highest BCUT2D eigenvalue weighted by molar-refractivity contribution is 9.10. The van der Waals surface area contributed by atoms with Gasteiger partial charge in [0.05, 0.1) is 0 Å². The summed E-state index contributed by atoms with van der Waals surface area (Å²) >= 11 is 3.65. The molecule has 1 aliphatic rings. The Morgan fingerprint density at radius 3 is 2.89 bits per heavy atom. The maximum atomic E-state index is 3.65. The molecular weight excluding hydrogens is 300 g/mol. The molecule has 1 unspecified atom stereocenters. The minimum Gasteiger partial charge on any atom is -0.314 e. The third-order valence-corrected chi connectivity index (χ3v) is 4.54. The van der Waals surface area contributed by atoms with Crippen LogP contribution in [-0.4, -0.2) is 30.6 Å². The van der Waals surface area contributed by atoms with Crippen molar-refractivity contribution < 1.29 is 0 Å². The van der Waals surface area contributed by atoms with E-state index in [1.54, 1.807) is 0 Å². The average Bonchev–Trinajstić information content (AvgIpc) is 2.40. The first kappa shape index (κ1) is 15.0. The van der Waals surface area contributed by atoms with Gasteiger partial charge < -0.3 is 5.32 Å². The smallest absolute Gasteiger partial charge is 0.0245 e. The Morgan fingerprint density at radius 2 is 2.16 bits per heavy atom. The van der Waals surface area contributed by atoms with Gasteiger partial charge in [-0.1, -0.05) is 48.0 Å². The van der Waals surface area contributed by atoms with Crippen molar-refractivity contribution in [2.75, 3.05) is 19.6 Å². The second-order valence-corrected chi connectivity index (χ2v) is 6.75. The van der Waals surface area contributed by atoms with Gasteiger partial charge >= 0.3 is 0 Å². The zero-order chi connectivity index (χ0) is 13.7. The molecule has 1 aliphatic heterocycles. The second-order valence-electron chi connectivity index (χ2n) is 5.90. The summed E-state index contributed by atoms with van der Waals surface area (Å²) in [6.45, 7) is 9.13. The molecule has 0 saturated carbocycles. The third-order valence-electron chi connectivity index (χ3n) is 3.77. The van der Waals surface area contributed by atoms with Gasteiger partial charge in [-0.05, 0) is 43.5 Å². The molecule has 0 bridgehead atoms. The Labute approximate surface area is 125 Å². The highest BCUT2D eigenvalue weighted by Gasteiger charge is 2.20. The third kappa shape index (κ3) is 4.90. The largest absolute Gasteiger partial charge is 0.314 e. The Bertz CT molecular complexity index is 392. The summed E-state index contributed by atoms with van der Waals surface area (Å²) in [5.74, 6) is 0.804. The normalized spacial score (nSPS) is 20.9. The molecule has 0 aliphatic carbocycles. The number of likely N-dealkylation sites (tertiary alicyclic amines) is 1. The van der Waals surface area contributed by atoms with Crippen LogP contribution in [0.5, 0.6) is 0 Å². The predicted octanol–water partition coefficient (Wildman–Crippen LogP) is 3.66. The lowest BCUT2D eigenvalue weighted by molar-refractivity contribution is 0.163. The van der Waals surface area contributed by atoms with Crippen LogP contribution in [0.15, 0.2) is 28.7 Å². The first-order valence-electron chi connectivity index (χ1n) is 7.34. The van der Waals surface area contributed by atoms with Crippen molar-refractivity contribution in [2.24, 2.45) is 5.92 Å². The van der Waals surface area contributed by atoms with Crippen molar-refractivity contribution in [3.63, 3.8) is 0 Å². The van der Waals surface area contributed by atoms with Crippen LogP contribution in [-0.2, 0) is 6.54 Å². The molecule has 0 radical (unpaired) electrons. The number of nitrogens with one attached hydrogen (secondary N) is 1. The fraction of sp³-hybridized carbons (Fsp3) is 0.625. The fourth-order valence-electron chi connectivity index (χ4n) is 2.73. The molecule has 1 aromatic rings. The van der Waals surface area contributed by atoms with Crippen molar-refractivity contribution in [1.29, 1.82) is 0 Å². The van der Waals surface area contributed by atoms with E-state index in [0.717, 1.165) is 19.0 Å². The van der Waals surface area contributed by atoms with Crippen molar-refractivity contribution in [3.05, 3.63) is 34.3 Å². The molecule has 0 spiro atoms. The van der Waals surface area contributed by atoms with Crippen LogP contribution in [0.4, 0.5) is 0 Å². The number of hydrogen-bond acceptors (Lipinski definition) is 2. The lowest BCUT2D eigenvalue weighted by atomic mass is 9.97. The molecule has 1 aromatic carbocycles. The lowest BCUT2D eigenvalue weighted by Crippen LogP contribution is -2.40. The van der Waals surface area contributed by atoms with E-state index in [2.05, 4.69) is 64.3 Å². The number of halogens is 1. The summed E-state index contributed by atoms with van der Waals surface area (Å²) in [5, 5.41) is 3.58. The zero-order valence-electron chi connectivity index (χ0n) is 12.0. The Kier molecular flexibility index (Phi) is 5.86. The molecule has 19 heavy (non-hydrogen) atoms. The summed E-state index contributed by atoms with van der Waals surface area (Å²) < 4.78 is 1.23. The molecule has 1 atom stereocenters. The van der Waals surface area contributed by atoms with Gasteiger partial charge in [-0.25, -0.2) is 0 Å². The molecule has 0 amide bonds. The number of piperidine rings is 1. The fourth-order valence-corrected chi connectivity index (χ4v) is 3.14. The van der Waals surface area contributed by atoms with Crippen LogP contribution in [0.2, 0.25) is 0 Å². The Balaban J connectivity index is 1.86. The number of rotatable bonds is 5. The topological polar surface area (TPSA) is 15.3 Å². The van der Waals surface area contributed by atoms with Gasteiger partial charge in [0.15, 0.2) is 0 Å². The molecular formula is C16H25BrN2. The zero-order valence-corrected chi connectivity index (χ0v) is 13.6. The lowest BCUT2D eigenvalue weighted by Gasteiger charge is -2.33. The van der Waals surface area contributed by atoms with Gasteiger partial charge in [-0.15, -0.1) is 0 Å². The second kappa shape index (κ2) is 7.41. The van der Waals surface area contributed by atoms with Crippen LogP contribution >= 0.6 is 15.9 Å². The van der Waals surface area contributed by atoms with Crippen LogP contribution < -0.4 is 5.32 Å². The monoisotopic (exact) mass is 324 g/mol. The molecule has 1 saturated heterocycles. The Morgan fingerprint density at radius 1 is 1.37 bits per heavy atom. The summed E-state index contributed by atoms with van der Waals surface area (Å²) in [4.78, 5) is 2.59. The molecule has 3 heteroatoms. The minimum absolute atomic E-state index is 0.596. The van der Waals surface area contributed by atoms with Crippen LogP contribution in [0.25, 0.3) is 0 Å². The standard InChI is InChI=1S/C16H25BrN2/c1-13(2)18-10-14-6-5-9-19(11-14)12-15-7-3-4-8-16(15)17/h3-4,7-8,13-14,18H,5-6,9-12H2,1-2H3. The highest BCUT2D eigenvalue weighted by atomic mass is 79.9. The van der Waals surface area contributed by atoms with Crippen LogP contribution in [0, 0.1) is 5.92 Å². The molecule has 1 heterocycles. The number of hydrogen-bond donors (Lipinski definition) is 1. The molecule has 2 rings (SSSR count). The Hall–Kier alpha value is -0.380. The van der Waals surface area contributed by atoms with E-state index in [-0.39, 0.29) is 0 Å². The highest BCUT2D eigenvalue weighted by Crippen LogP contribution is 2.22. The van der Waals surface area contributed by atoms with Crippen molar-refractivity contribution >= 4 is 15.9 Å². The van der Waals surface area contributed by atoms with Gasteiger partial charge in [0.25, 0.3) is 0 Å². The molecule has 0 aromatic heterocycles. The average molecular weight is 325 g/mol. The maximum Gasteiger partial charge on any atom is 0.0245 e. The SMILES string of the molecule is CC(C)NCC1CCCN(Cc2ccccc2Br)C1. The summed E-state index contributed by atoms with van der Waals surface area (Å²) in [5.41, 5.74) is 1.40. The maximum absolute atomic E-state index is 3.65. The van der Waals surface area contributed by atoms with Gasteiger partial charge in [0.2, 0.25) is 0 Å². The van der Waals surface area contributed by atoms with E-state index in [1.165, 1.54) is 36.0 Å². The van der Waals surface area contributed by atoms with E-state index in [9.17, 15) is 0 Å². The molecule has 1 N–H and O–H groups in total. The van der Waals surface area contributed by atoms with Crippen molar-refractivity contribution in [1.82, 2.24) is 10.2 Å². The quantitative estimate of drug-likeness (QED) is 0.889. The first-order chi connectivity index (χ1) is 9.15. The molecule has 1 fully saturated rings. The van der Waals surface area contributed by atoms with E-state index in [1.807, 2.05) is 0 Å². The number of benzene rings is 1. The van der Waals surface area contributed by atoms with E-state index < -0.39 is 0 Å². The van der Waals surface area contributed by atoms with Gasteiger partial charge in [0.1, 0.15) is 0 Å². The summed E-state index contributed by atoms with van der Waals surface area (Å²) in [7, 11) is 0. The summed E-state index contributed by atoms with van der Waals surface area (Å²) in [6.07, 6.45) is 2.70. The van der Waals surface area contributed by atoms with Gasteiger partial charge in [0, 0.05) is 23.6 Å². The van der Waals surface area contributed by atoms with Gasteiger partial charge in [-0.3, -0.25) is 4.90 Å². The first-order valence-corrected chi connectivity index (χ1v) is 8.13. The number of nitrogens with zero attached hydrogens (tertiary/aromatic N) is 1. The van der Waals surface area contributed by atoms with Crippen LogP contribution in [0.3, 0.4) is 0 Å². The molecule has 2 nitrogen and oxygen atoms in total. The van der Waals surface area contributed by atoms with Crippen molar-refractivity contribution in [3.8, 4) is 0 Å². The minimum atomic E-state index is 0.596. The predicted molar refractivity (Wildman–Crippen MR) is 85.3 cm³/mol. The van der Waals surface area contributed by atoms with Crippen molar-refractivity contribution in [2.45, 2.75) is 39.3 Å². The van der Waals surface area contributed by atoms with E-state index in [4.69, 9.17) is 0 Å². The van der Waals surface area contributed by atoms with Gasteiger partial charge in [-0.2, -0.15) is 0 Å².